The summed E-state index contributed by atoms with van der Waals surface area (Å²) < 4.78 is 12.8. The Morgan fingerprint density at radius 3 is 2.59 bits per heavy atom. The van der Waals surface area contributed by atoms with Crippen LogP contribution in [-0.4, -0.2) is 25.3 Å². The molecule has 0 aliphatic rings. The Bertz CT molecular complexity index is 514. The van der Waals surface area contributed by atoms with Crippen molar-refractivity contribution in [1.82, 2.24) is 4.90 Å². The van der Waals surface area contributed by atoms with Crippen LogP contribution < -0.4 is 0 Å². The molecule has 2 rings (SSSR count). The molecular formula is C13H13FN2S. The second kappa shape index (κ2) is 5.10. The first-order valence-electron chi connectivity index (χ1n) is 5.20. The smallest absolute Gasteiger partial charge is 0.123 e. The third-order valence-corrected chi connectivity index (χ3v) is 3.12. The average molecular weight is 248 g/mol. The zero-order valence-corrected chi connectivity index (χ0v) is 10.5. The average Bonchev–Trinajstić information content (AvgIpc) is 2.76. The summed E-state index contributed by atoms with van der Waals surface area (Å²) in [5.41, 5.74) is 1.94. The fourth-order valence-electron chi connectivity index (χ4n) is 1.34. The number of aliphatic imine (C=N–C) groups is 1. The van der Waals surface area contributed by atoms with Gasteiger partial charge in [-0.05, 0) is 23.8 Å². The fourth-order valence-corrected chi connectivity index (χ4v) is 2.18. The van der Waals surface area contributed by atoms with Crippen LogP contribution in [0.3, 0.4) is 0 Å². The lowest BCUT2D eigenvalue weighted by Gasteiger charge is -2.00. The summed E-state index contributed by atoms with van der Waals surface area (Å²) in [6.45, 7) is 0. The molecule has 0 N–H and O–H groups in total. The van der Waals surface area contributed by atoms with Crippen LogP contribution in [0.4, 0.5) is 10.1 Å². The van der Waals surface area contributed by atoms with Crippen molar-refractivity contribution in [2.75, 3.05) is 14.1 Å². The first-order valence-corrected chi connectivity index (χ1v) is 6.08. The molecule has 0 spiro atoms. The van der Waals surface area contributed by atoms with E-state index in [0.29, 0.717) is 0 Å². The van der Waals surface area contributed by atoms with Gasteiger partial charge >= 0.3 is 0 Å². The summed E-state index contributed by atoms with van der Waals surface area (Å²) in [6, 6.07) is 8.49. The van der Waals surface area contributed by atoms with Gasteiger partial charge in [0.1, 0.15) is 5.82 Å². The second-order valence-corrected chi connectivity index (χ2v) is 4.80. The molecular weight excluding hydrogens is 235 g/mol. The van der Waals surface area contributed by atoms with E-state index in [0.717, 1.165) is 16.1 Å². The highest BCUT2D eigenvalue weighted by atomic mass is 32.1. The standard InChI is InChI=1S/C13H13FN2S/c1-16(2)9-15-12-7-13(17-8-12)10-3-5-11(14)6-4-10/h3-9H,1-2H3. The summed E-state index contributed by atoms with van der Waals surface area (Å²) in [4.78, 5) is 7.28. The van der Waals surface area contributed by atoms with Crippen LogP contribution in [-0.2, 0) is 0 Å². The predicted octanol–water partition coefficient (Wildman–Crippen LogP) is 3.78. The zero-order valence-electron chi connectivity index (χ0n) is 9.72. The van der Waals surface area contributed by atoms with Crippen LogP contribution in [0.25, 0.3) is 10.4 Å². The molecule has 0 aliphatic carbocycles. The normalized spacial score (nSPS) is 11.0. The largest absolute Gasteiger partial charge is 0.369 e. The lowest BCUT2D eigenvalue weighted by molar-refractivity contribution is 0.628. The minimum absolute atomic E-state index is 0.212. The molecule has 0 atom stereocenters. The van der Waals surface area contributed by atoms with Crippen molar-refractivity contribution in [3.05, 3.63) is 41.5 Å². The lowest BCUT2D eigenvalue weighted by Crippen LogP contribution is -2.06. The van der Waals surface area contributed by atoms with Gasteiger partial charge in [0.2, 0.25) is 0 Å². The van der Waals surface area contributed by atoms with E-state index in [1.807, 2.05) is 30.4 Å². The van der Waals surface area contributed by atoms with E-state index < -0.39 is 0 Å². The van der Waals surface area contributed by atoms with Gasteiger partial charge in [0.25, 0.3) is 0 Å². The molecule has 1 aromatic carbocycles. The number of benzene rings is 1. The Kier molecular flexibility index (Phi) is 3.54. The van der Waals surface area contributed by atoms with Crippen LogP contribution >= 0.6 is 11.3 Å². The number of nitrogens with zero attached hydrogens (tertiary/aromatic N) is 2. The van der Waals surface area contributed by atoms with Crippen LogP contribution in [0.1, 0.15) is 0 Å². The van der Waals surface area contributed by atoms with E-state index in [4.69, 9.17) is 0 Å². The summed E-state index contributed by atoms with van der Waals surface area (Å²) >= 11 is 1.61. The Balaban J connectivity index is 2.21. The van der Waals surface area contributed by atoms with Gasteiger partial charge in [0.15, 0.2) is 0 Å². The highest BCUT2D eigenvalue weighted by molar-refractivity contribution is 7.14. The molecule has 0 aliphatic heterocycles. The minimum Gasteiger partial charge on any atom is -0.369 e. The van der Waals surface area contributed by atoms with Crippen molar-refractivity contribution in [1.29, 1.82) is 0 Å². The van der Waals surface area contributed by atoms with Gasteiger partial charge in [-0.25, -0.2) is 9.38 Å². The van der Waals surface area contributed by atoms with Gasteiger partial charge in [-0.15, -0.1) is 11.3 Å². The molecule has 2 nitrogen and oxygen atoms in total. The Morgan fingerprint density at radius 2 is 1.94 bits per heavy atom. The maximum Gasteiger partial charge on any atom is 0.123 e. The third-order valence-electron chi connectivity index (χ3n) is 2.15. The predicted molar refractivity (Wildman–Crippen MR) is 71.6 cm³/mol. The van der Waals surface area contributed by atoms with Crippen LogP contribution in [0, 0.1) is 5.82 Å². The van der Waals surface area contributed by atoms with Crippen molar-refractivity contribution < 1.29 is 4.39 Å². The minimum atomic E-state index is -0.212. The van der Waals surface area contributed by atoms with Gasteiger partial charge in [-0.2, -0.15) is 0 Å². The molecule has 0 fully saturated rings. The molecule has 2 aromatic rings. The quantitative estimate of drug-likeness (QED) is 0.596. The lowest BCUT2D eigenvalue weighted by atomic mass is 10.2. The number of rotatable bonds is 3. The molecule has 1 heterocycles. The first-order chi connectivity index (χ1) is 8.15. The van der Waals surface area contributed by atoms with E-state index in [-0.39, 0.29) is 5.82 Å². The fraction of sp³-hybridized carbons (Fsp3) is 0.154. The van der Waals surface area contributed by atoms with Crippen molar-refractivity contribution >= 4 is 23.4 Å². The number of thiophene rings is 1. The summed E-state index contributed by atoms with van der Waals surface area (Å²) in [6.07, 6.45) is 1.76. The Morgan fingerprint density at radius 1 is 1.24 bits per heavy atom. The Labute approximate surface area is 104 Å². The number of hydrogen-bond donors (Lipinski definition) is 0. The number of hydrogen-bond acceptors (Lipinski definition) is 2. The molecule has 0 radical (unpaired) electrons. The maximum atomic E-state index is 12.8. The van der Waals surface area contributed by atoms with E-state index >= 15 is 0 Å². The van der Waals surface area contributed by atoms with E-state index in [9.17, 15) is 4.39 Å². The van der Waals surface area contributed by atoms with Gasteiger partial charge in [0.05, 0.1) is 12.0 Å². The monoisotopic (exact) mass is 248 g/mol. The van der Waals surface area contributed by atoms with Crippen molar-refractivity contribution in [3.8, 4) is 10.4 Å². The second-order valence-electron chi connectivity index (χ2n) is 3.88. The highest BCUT2D eigenvalue weighted by Gasteiger charge is 2.01. The highest BCUT2D eigenvalue weighted by Crippen LogP contribution is 2.31. The molecule has 17 heavy (non-hydrogen) atoms. The van der Waals surface area contributed by atoms with Crippen LogP contribution in [0.15, 0.2) is 40.7 Å². The molecule has 0 bridgehead atoms. The van der Waals surface area contributed by atoms with Crippen LogP contribution in [0.5, 0.6) is 0 Å². The topological polar surface area (TPSA) is 15.6 Å². The van der Waals surface area contributed by atoms with Crippen molar-refractivity contribution in [2.45, 2.75) is 0 Å². The molecule has 0 unspecified atom stereocenters. The summed E-state index contributed by atoms with van der Waals surface area (Å²) in [5.74, 6) is -0.212. The number of halogens is 1. The van der Waals surface area contributed by atoms with E-state index in [1.165, 1.54) is 12.1 Å². The Hall–Kier alpha value is -1.68. The molecule has 0 amide bonds. The molecule has 0 saturated carbocycles. The van der Waals surface area contributed by atoms with Gasteiger partial charge in [-0.3, -0.25) is 0 Å². The van der Waals surface area contributed by atoms with Crippen molar-refractivity contribution in [3.63, 3.8) is 0 Å². The van der Waals surface area contributed by atoms with Gasteiger partial charge in [-0.1, -0.05) is 12.1 Å². The zero-order chi connectivity index (χ0) is 12.3. The van der Waals surface area contributed by atoms with E-state index in [2.05, 4.69) is 4.99 Å². The van der Waals surface area contributed by atoms with Crippen LogP contribution in [0.2, 0.25) is 0 Å². The first kappa shape index (κ1) is 11.8. The maximum absolute atomic E-state index is 12.8. The summed E-state index contributed by atoms with van der Waals surface area (Å²) in [7, 11) is 3.85. The molecule has 0 saturated heterocycles. The third kappa shape index (κ3) is 3.14. The van der Waals surface area contributed by atoms with Gasteiger partial charge < -0.3 is 4.90 Å². The molecule has 4 heteroatoms. The summed E-state index contributed by atoms with van der Waals surface area (Å²) in [5, 5.41) is 1.98. The van der Waals surface area contributed by atoms with Gasteiger partial charge in [0, 0.05) is 24.4 Å². The van der Waals surface area contributed by atoms with E-state index in [1.54, 1.807) is 29.8 Å². The molecule has 1 aromatic heterocycles. The SMILES string of the molecule is CN(C)C=Nc1csc(-c2ccc(F)cc2)c1. The molecule has 88 valence electrons. The van der Waals surface area contributed by atoms with Crippen molar-refractivity contribution in [2.24, 2.45) is 4.99 Å².